The van der Waals surface area contributed by atoms with E-state index in [4.69, 9.17) is 14.0 Å². The number of hydrogen-bond acceptors (Lipinski definition) is 5. The number of aromatic nitrogens is 1. The van der Waals surface area contributed by atoms with Gasteiger partial charge in [0.2, 0.25) is 0 Å². The van der Waals surface area contributed by atoms with Crippen molar-refractivity contribution in [2.24, 2.45) is 5.92 Å². The van der Waals surface area contributed by atoms with Crippen molar-refractivity contribution in [1.29, 1.82) is 0 Å². The van der Waals surface area contributed by atoms with E-state index in [-0.39, 0.29) is 5.78 Å². The molecule has 1 aromatic carbocycles. The molecule has 2 aromatic rings. The van der Waals surface area contributed by atoms with E-state index in [0.717, 1.165) is 45.3 Å². The molecule has 0 aliphatic carbocycles. The highest BCUT2D eigenvalue weighted by molar-refractivity contribution is 5.94. The van der Waals surface area contributed by atoms with E-state index in [1.807, 2.05) is 6.07 Å². The summed E-state index contributed by atoms with van der Waals surface area (Å²) in [6.07, 6.45) is 6.86. The van der Waals surface area contributed by atoms with Crippen LogP contribution in [0.15, 0.2) is 40.9 Å². The maximum atomic E-state index is 12.2. The SMILES string of the molecule is O=C(CCC1CCOC1)c1cc(COCCCCCc2ccccc2)on1. The summed E-state index contributed by atoms with van der Waals surface area (Å²) in [6, 6.07) is 12.3. The first-order chi connectivity index (χ1) is 13.3. The van der Waals surface area contributed by atoms with Crippen LogP contribution < -0.4 is 0 Å². The fraction of sp³-hybridized carbons (Fsp3) is 0.545. The number of unbranched alkanes of at least 4 members (excludes halogenated alkanes) is 2. The molecule has 1 atom stereocenters. The summed E-state index contributed by atoms with van der Waals surface area (Å²) in [4.78, 5) is 12.2. The fourth-order valence-corrected chi connectivity index (χ4v) is 3.31. The van der Waals surface area contributed by atoms with Crippen molar-refractivity contribution >= 4 is 5.78 Å². The van der Waals surface area contributed by atoms with Gasteiger partial charge in [0.25, 0.3) is 0 Å². The molecular weight excluding hydrogens is 342 g/mol. The lowest BCUT2D eigenvalue weighted by Gasteiger charge is -2.04. The number of hydrogen-bond donors (Lipinski definition) is 0. The van der Waals surface area contributed by atoms with E-state index in [2.05, 4.69) is 29.4 Å². The van der Waals surface area contributed by atoms with Crippen LogP contribution >= 0.6 is 0 Å². The van der Waals surface area contributed by atoms with Crippen LogP contribution in [-0.4, -0.2) is 30.8 Å². The van der Waals surface area contributed by atoms with Gasteiger partial charge in [-0.25, -0.2) is 0 Å². The van der Waals surface area contributed by atoms with Crippen molar-refractivity contribution in [2.45, 2.75) is 51.6 Å². The van der Waals surface area contributed by atoms with Crippen molar-refractivity contribution in [3.05, 3.63) is 53.4 Å². The van der Waals surface area contributed by atoms with Crippen LogP contribution in [0.25, 0.3) is 0 Å². The average Bonchev–Trinajstić information content (AvgIpc) is 3.38. The number of benzene rings is 1. The summed E-state index contributed by atoms with van der Waals surface area (Å²) < 4.78 is 16.2. The summed E-state index contributed by atoms with van der Waals surface area (Å²) in [6.45, 7) is 2.66. The van der Waals surface area contributed by atoms with Gasteiger partial charge in [-0.1, -0.05) is 41.9 Å². The Morgan fingerprint density at radius 2 is 2.07 bits per heavy atom. The standard InChI is InChI=1S/C22H29NO4/c24-22(11-10-19-12-14-26-16-19)21-15-20(27-23-21)17-25-13-6-2-5-9-18-7-3-1-4-8-18/h1,3-4,7-8,15,19H,2,5-6,9-14,16-17H2. The molecule has 1 aliphatic rings. The number of ether oxygens (including phenoxy) is 2. The lowest BCUT2D eigenvalue weighted by molar-refractivity contribution is 0.0947. The Morgan fingerprint density at radius 1 is 1.19 bits per heavy atom. The fourth-order valence-electron chi connectivity index (χ4n) is 3.31. The van der Waals surface area contributed by atoms with Crippen LogP contribution in [0.1, 0.15) is 60.3 Å². The number of Topliss-reactive ketones (excluding diaryl/α,β-unsaturated/α-hetero) is 1. The maximum Gasteiger partial charge on any atom is 0.184 e. The van der Waals surface area contributed by atoms with Gasteiger partial charge >= 0.3 is 0 Å². The third-order valence-corrected chi connectivity index (χ3v) is 4.99. The first kappa shape index (κ1) is 19.8. The number of carbonyl (C=O) groups excluding carboxylic acids is 1. The van der Waals surface area contributed by atoms with Crippen LogP contribution in [0.5, 0.6) is 0 Å². The highest BCUT2D eigenvalue weighted by Gasteiger charge is 2.19. The molecule has 1 saturated heterocycles. The zero-order valence-corrected chi connectivity index (χ0v) is 15.9. The van der Waals surface area contributed by atoms with Crippen molar-refractivity contribution in [2.75, 3.05) is 19.8 Å². The van der Waals surface area contributed by atoms with Gasteiger partial charge in [-0.3, -0.25) is 4.79 Å². The second-order valence-electron chi connectivity index (χ2n) is 7.22. The van der Waals surface area contributed by atoms with Crippen LogP contribution in [0.4, 0.5) is 0 Å². The highest BCUT2D eigenvalue weighted by atomic mass is 16.5. The molecule has 0 bridgehead atoms. The molecule has 2 heterocycles. The zero-order valence-electron chi connectivity index (χ0n) is 15.9. The van der Waals surface area contributed by atoms with E-state index in [1.54, 1.807) is 6.07 Å². The molecule has 5 heteroatoms. The number of rotatable bonds is 12. The minimum atomic E-state index is 0.0396. The molecule has 5 nitrogen and oxygen atoms in total. The predicted octanol–water partition coefficient (Wildman–Crippen LogP) is 4.60. The molecule has 0 saturated carbocycles. The molecule has 3 rings (SSSR count). The Hall–Kier alpha value is -1.98. The molecule has 1 fully saturated rings. The minimum Gasteiger partial charge on any atom is -0.381 e. The van der Waals surface area contributed by atoms with Crippen LogP contribution in [-0.2, 0) is 22.5 Å². The number of ketones is 1. The number of nitrogens with zero attached hydrogens (tertiary/aromatic N) is 1. The molecule has 0 N–H and O–H groups in total. The monoisotopic (exact) mass is 371 g/mol. The van der Waals surface area contributed by atoms with Crippen LogP contribution in [0, 0.1) is 5.92 Å². The van der Waals surface area contributed by atoms with E-state index in [0.29, 0.717) is 37.0 Å². The molecule has 1 aliphatic heterocycles. The van der Waals surface area contributed by atoms with Gasteiger partial charge in [-0.2, -0.15) is 0 Å². The highest BCUT2D eigenvalue weighted by Crippen LogP contribution is 2.19. The molecular formula is C22H29NO4. The Bertz CT molecular complexity index is 677. The van der Waals surface area contributed by atoms with E-state index >= 15 is 0 Å². The van der Waals surface area contributed by atoms with Gasteiger partial charge in [-0.05, 0) is 43.6 Å². The van der Waals surface area contributed by atoms with Crippen LogP contribution in [0.3, 0.4) is 0 Å². The first-order valence-corrected chi connectivity index (χ1v) is 9.99. The van der Waals surface area contributed by atoms with Crippen molar-refractivity contribution < 1.29 is 18.8 Å². The normalized spacial score (nSPS) is 16.7. The topological polar surface area (TPSA) is 61.6 Å². The molecule has 27 heavy (non-hydrogen) atoms. The van der Waals surface area contributed by atoms with Crippen molar-refractivity contribution in [3.63, 3.8) is 0 Å². The van der Waals surface area contributed by atoms with Gasteiger partial charge in [-0.15, -0.1) is 0 Å². The van der Waals surface area contributed by atoms with Gasteiger partial charge in [0.15, 0.2) is 11.5 Å². The quantitative estimate of drug-likeness (QED) is 0.403. The van der Waals surface area contributed by atoms with Gasteiger partial charge in [0, 0.05) is 32.3 Å². The summed E-state index contributed by atoms with van der Waals surface area (Å²) >= 11 is 0. The first-order valence-electron chi connectivity index (χ1n) is 9.99. The van der Waals surface area contributed by atoms with Crippen molar-refractivity contribution in [1.82, 2.24) is 5.16 Å². The van der Waals surface area contributed by atoms with Gasteiger partial charge in [0.05, 0.1) is 0 Å². The lowest BCUT2D eigenvalue weighted by Crippen LogP contribution is -2.05. The molecule has 0 radical (unpaired) electrons. The molecule has 0 spiro atoms. The summed E-state index contributed by atoms with van der Waals surface area (Å²) in [5.74, 6) is 1.16. The smallest absolute Gasteiger partial charge is 0.184 e. The third kappa shape index (κ3) is 6.92. The second-order valence-corrected chi connectivity index (χ2v) is 7.22. The molecule has 0 amide bonds. The van der Waals surface area contributed by atoms with Gasteiger partial charge in [0.1, 0.15) is 12.3 Å². The Labute approximate surface area is 161 Å². The second kappa shape index (κ2) is 11.0. The maximum absolute atomic E-state index is 12.2. The lowest BCUT2D eigenvalue weighted by atomic mass is 10.00. The molecule has 1 unspecified atom stereocenters. The zero-order chi connectivity index (χ0) is 18.7. The molecule has 1 aromatic heterocycles. The van der Waals surface area contributed by atoms with Crippen LogP contribution in [0.2, 0.25) is 0 Å². The van der Waals surface area contributed by atoms with Gasteiger partial charge < -0.3 is 14.0 Å². The number of carbonyl (C=O) groups is 1. The average molecular weight is 371 g/mol. The summed E-state index contributed by atoms with van der Waals surface area (Å²) in [5, 5.41) is 3.89. The Balaban J connectivity index is 1.25. The van der Waals surface area contributed by atoms with Crippen molar-refractivity contribution in [3.8, 4) is 0 Å². The number of aryl methyl sites for hydroxylation is 1. The van der Waals surface area contributed by atoms with E-state index in [9.17, 15) is 4.79 Å². The summed E-state index contributed by atoms with van der Waals surface area (Å²) in [7, 11) is 0. The van der Waals surface area contributed by atoms with E-state index in [1.165, 1.54) is 12.0 Å². The summed E-state index contributed by atoms with van der Waals surface area (Å²) in [5.41, 5.74) is 1.80. The minimum absolute atomic E-state index is 0.0396. The van der Waals surface area contributed by atoms with E-state index < -0.39 is 0 Å². The predicted molar refractivity (Wildman–Crippen MR) is 103 cm³/mol. The Morgan fingerprint density at radius 3 is 2.89 bits per heavy atom. The largest absolute Gasteiger partial charge is 0.381 e. The molecule has 146 valence electrons. The Kier molecular flexibility index (Phi) is 8.05. The third-order valence-electron chi connectivity index (χ3n) is 4.99.